The van der Waals surface area contributed by atoms with Crippen molar-refractivity contribution in [3.8, 4) is 34.5 Å². The van der Waals surface area contributed by atoms with E-state index < -0.39 is 37.6 Å². The molecule has 0 bridgehead atoms. The number of sulfone groups is 1. The van der Waals surface area contributed by atoms with E-state index in [0.29, 0.717) is 17.2 Å². The van der Waals surface area contributed by atoms with Crippen LogP contribution in [0.2, 0.25) is 0 Å². The molecule has 0 unspecified atom stereocenters. The molecule has 0 aliphatic carbocycles. The number of carbonyl (C=O) groups is 1. The Morgan fingerprint density at radius 1 is 0.979 bits per heavy atom. The molecule has 0 radical (unpaired) electrons. The van der Waals surface area contributed by atoms with Crippen molar-refractivity contribution < 1.29 is 49.0 Å². The van der Waals surface area contributed by atoms with Gasteiger partial charge in [0.2, 0.25) is 21.9 Å². The minimum Gasteiger partial charge on any atom is -0.497 e. The third-order valence-electron chi connectivity index (χ3n) is 6.03. The molecular formula is C27H28F3N7O8S2. The van der Waals surface area contributed by atoms with Crippen molar-refractivity contribution in [3.05, 3.63) is 60.0 Å². The summed E-state index contributed by atoms with van der Waals surface area (Å²) in [6.45, 7) is -0.229. The second kappa shape index (κ2) is 13.8. The van der Waals surface area contributed by atoms with Gasteiger partial charge >= 0.3 is 6.18 Å². The number of anilines is 2. The zero-order chi connectivity index (χ0) is 34.6. The van der Waals surface area contributed by atoms with E-state index in [-0.39, 0.29) is 53.2 Å². The molecule has 0 atom stereocenters. The molecule has 0 fully saturated rings. The molecule has 3 heterocycles. The van der Waals surface area contributed by atoms with Crippen LogP contribution in [0.3, 0.4) is 0 Å². The second-order valence-corrected chi connectivity index (χ2v) is 13.9. The third-order valence-corrected chi connectivity index (χ3v) is 7.62. The van der Waals surface area contributed by atoms with Crippen molar-refractivity contribution >= 4 is 37.4 Å². The second-order valence-electron chi connectivity index (χ2n) is 9.88. The van der Waals surface area contributed by atoms with Crippen LogP contribution in [0.4, 0.5) is 24.8 Å². The molecule has 20 heteroatoms. The lowest BCUT2D eigenvalue weighted by Crippen LogP contribution is -2.30. The van der Waals surface area contributed by atoms with Crippen molar-refractivity contribution in [1.82, 2.24) is 29.5 Å². The van der Waals surface area contributed by atoms with E-state index in [4.69, 9.17) is 14.2 Å². The van der Waals surface area contributed by atoms with Crippen LogP contribution in [0, 0.1) is 0 Å². The number of hydrogen-bond donors (Lipinski definition) is 2. The van der Waals surface area contributed by atoms with Crippen LogP contribution in [0.15, 0.2) is 48.8 Å². The Labute approximate surface area is 267 Å². The molecular weight excluding hydrogens is 671 g/mol. The van der Waals surface area contributed by atoms with Crippen molar-refractivity contribution in [2.24, 2.45) is 0 Å². The van der Waals surface area contributed by atoms with Crippen molar-refractivity contribution in [1.29, 1.82) is 0 Å². The van der Waals surface area contributed by atoms with Crippen molar-refractivity contribution in [2.45, 2.75) is 12.6 Å². The summed E-state index contributed by atoms with van der Waals surface area (Å²) >= 11 is 0. The van der Waals surface area contributed by atoms with Gasteiger partial charge in [-0.25, -0.2) is 36.2 Å². The summed E-state index contributed by atoms with van der Waals surface area (Å²) in [5.74, 6) is -1.09. The van der Waals surface area contributed by atoms with E-state index in [2.05, 4.69) is 25.4 Å². The molecule has 15 nitrogen and oxygen atoms in total. The first kappa shape index (κ1) is 34.9. The van der Waals surface area contributed by atoms with Crippen LogP contribution in [-0.4, -0.2) is 86.6 Å². The standard InChI is InChI=1S/C27H28F3N7O8S2/c1-43-17-12-16(13-18(14-17)44-2)32-26-31-15-20(23(34-26)37-9-8-22(35-37)27(28,29)30)21-7-6-19(24(38)36-47(4,41)42)25(33-21)45-10-5-11-46(3,39)40/h6-9,12-15H,5,10-11H2,1-4H3,(H,36,38)(H,31,32,34). The number of ether oxygens (including phenoxy) is 3. The topological polar surface area (TPSA) is 194 Å². The lowest BCUT2D eigenvalue weighted by molar-refractivity contribution is -0.141. The summed E-state index contributed by atoms with van der Waals surface area (Å²) in [6, 6.07) is 8.02. The normalized spacial score (nSPS) is 12.0. The Bertz CT molecular complexity index is 1980. The van der Waals surface area contributed by atoms with Crippen LogP contribution in [-0.2, 0) is 26.0 Å². The molecule has 4 aromatic rings. The van der Waals surface area contributed by atoms with Crippen LogP contribution in [0.25, 0.3) is 17.1 Å². The number of sulfonamides is 1. The zero-order valence-electron chi connectivity index (χ0n) is 25.2. The fourth-order valence-electron chi connectivity index (χ4n) is 3.98. The largest absolute Gasteiger partial charge is 0.497 e. The van der Waals surface area contributed by atoms with Gasteiger partial charge in [0.25, 0.3) is 5.91 Å². The molecule has 0 saturated heterocycles. The van der Waals surface area contributed by atoms with Gasteiger partial charge in [0.1, 0.15) is 26.9 Å². The first-order valence-corrected chi connectivity index (χ1v) is 17.3. The average Bonchev–Trinajstić information content (AvgIpc) is 3.49. The number of rotatable bonds is 13. The Morgan fingerprint density at radius 2 is 1.66 bits per heavy atom. The van der Waals surface area contributed by atoms with Crippen LogP contribution in [0.1, 0.15) is 22.5 Å². The minimum absolute atomic E-state index is 0.00678. The highest BCUT2D eigenvalue weighted by atomic mass is 32.2. The SMILES string of the molecule is COc1cc(Nc2ncc(-c3ccc(C(=O)NS(C)(=O)=O)c(OCCCS(C)(=O)=O)n3)c(-n3ccc(C(F)(F)F)n3)n2)cc(OC)c1. The molecule has 4 rings (SSSR count). The summed E-state index contributed by atoms with van der Waals surface area (Å²) in [6.07, 6.45) is -0.696. The number of hydrogen-bond acceptors (Lipinski definition) is 13. The lowest BCUT2D eigenvalue weighted by atomic mass is 10.1. The fourth-order valence-corrected chi connectivity index (χ4v) is 5.07. The number of amides is 1. The number of nitrogens with zero attached hydrogens (tertiary/aromatic N) is 5. The van der Waals surface area contributed by atoms with E-state index in [1.54, 1.807) is 22.9 Å². The highest BCUT2D eigenvalue weighted by Crippen LogP contribution is 2.32. The Morgan fingerprint density at radius 3 is 2.23 bits per heavy atom. The molecule has 2 N–H and O–H groups in total. The molecule has 1 amide bonds. The molecule has 3 aromatic heterocycles. The summed E-state index contributed by atoms with van der Waals surface area (Å²) in [5, 5.41) is 6.55. The van der Waals surface area contributed by atoms with E-state index in [1.807, 2.05) is 0 Å². The predicted octanol–water partition coefficient (Wildman–Crippen LogP) is 3.01. The first-order chi connectivity index (χ1) is 22.0. The molecule has 0 spiro atoms. The molecule has 47 heavy (non-hydrogen) atoms. The van der Waals surface area contributed by atoms with Gasteiger partial charge in [0.15, 0.2) is 11.5 Å². The monoisotopic (exact) mass is 699 g/mol. The summed E-state index contributed by atoms with van der Waals surface area (Å²) in [4.78, 5) is 25.7. The van der Waals surface area contributed by atoms with Gasteiger partial charge in [-0.2, -0.15) is 23.3 Å². The number of carbonyl (C=O) groups excluding carboxylic acids is 1. The minimum atomic E-state index is -4.77. The van der Waals surface area contributed by atoms with Gasteiger partial charge in [0.05, 0.1) is 44.1 Å². The van der Waals surface area contributed by atoms with Crippen LogP contribution >= 0.6 is 0 Å². The Kier molecular flexibility index (Phi) is 10.2. The maximum absolute atomic E-state index is 13.5. The smallest absolute Gasteiger partial charge is 0.435 e. The highest BCUT2D eigenvalue weighted by molar-refractivity contribution is 7.90. The molecule has 1 aromatic carbocycles. The maximum atomic E-state index is 13.5. The summed E-state index contributed by atoms with van der Waals surface area (Å²) in [7, 11) is -4.44. The van der Waals surface area contributed by atoms with E-state index >= 15 is 0 Å². The number of alkyl halides is 3. The molecule has 0 saturated carbocycles. The number of methoxy groups -OCH3 is 2. The van der Waals surface area contributed by atoms with Gasteiger partial charge in [-0.1, -0.05) is 0 Å². The third kappa shape index (κ3) is 9.51. The number of halogens is 3. The van der Waals surface area contributed by atoms with E-state index in [9.17, 15) is 34.8 Å². The molecule has 0 aliphatic heterocycles. The number of pyridine rings is 1. The first-order valence-electron chi connectivity index (χ1n) is 13.3. The predicted molar refractivity (Wildman–Crippen MR) is 162 cm³/mol. The lowest BCUT2D eigenvalue weighted by Gasteiger charge is -2.15. The van der Waals surface area contributed by atoms with Crippen molar-refractivity contribution in [3.63, 3.8) is 0 Å². The molecule has 0 aliphatic rings. The van der Waals surface area contributed by atoms with Gasteiger partial charge in [-0.3, -0.25) is 4.79 Å². The van der Waals surface area contributed by atoms with Crippen LogP contribution in [0.5, 0.6) is 17.4 Å². The molecule has 252 valence electrons. The van der Waals surface area contributed by atoms with Crippen LogP contribution < -0.4 is 24.2 Å². The summed E-state index contributed by atoms with van der Waals surface area (Å²) < 4.78 is 106. The number of aromatic nitrogens is 5. The quantitative estimate of drug-likeness (QED) is 0.194. The van der Waals surface area contributed by atoms with Crippen molar-refractivity contribution in [2.75, 3.05) is 44.4 Å². The number of benzene rings is 1. The van der Waals surface area contributed by atoms with E-state index in [0.717, 1.165) is 29.5 Å². The average molecular weight is 700 g/mol. The maximum Gasteiger partial charge on any atom is 0.435 e. The van der Waals surface area contributed by atoms with Gasteiger partial charge in [-0.15, -0.1) is 0 Å². The Balaban J connectivity index is 1.82. The van der Waals surface area contributed by atoms with E-state index in [1.165, 1.54) is 32.5 Å². The van der Waals surface area contributed by atoms with Gasteiger partial charge in [-0.05, 0) is 24.6 Å². The fraction of sp³-hybridized carbons (Fsp3) is 0.296. The zero-order valence-corrected chi connectivity index (χ0v) is 26.8. The van der Waals surface area contributed by atoms with Gasteiger partial charge in [0, 0.05) is 42.5 Å². The van der Waals surface area contributed by atoms with Gasteiger partial charge < -0.3 is 19.5 Å². The number of nitrogens with one attached hydrogen (secondary N) is 2. The Hall–Kier alpha value is -4.98. The summed E-state index contributed by atoms with van der Waals surface area (Å²) in [5.41, 5.74) is -1.07. The highest BCUT2D eigenvalue weighted by Gasteiger charge is 2.34.